The van der Waals surface area contributed by atoms with Crippen LogP contribution in [0.2, 0.25) is 0 Å². The molecule has 0 radical (unpaired) electrons. The molecule has 0 bridgehead atoms. The molecule has 21 heavy (non-hydrogen) atoms. The van der Waals surface area contributed by atoms with Gasteiger partial charge < -0.3 is 5.32 Å². The van der Waals surface area contributed by atoms with Gasteiger partial charge in [-0.1, -0.05) is 12.1 Å². The molecule has 0 atom stereocenters. The molecule has 0 spiro atoms. The monoisotopic (exact) mass is 278 g/mol. The van der Waals surface area contributed by atoms with Crippen molar-refractivity contribution in [2.24, 2.45) is 0 Å². The van der Waals surface area contributed by atoms with Crippen molar-refractivity contribution in [3.63, 3.8) is 0 Å². The summed E-state index contributed by atoms with van der Waals surface area (Å²) < 4.78 is 0. The van der Waals surface area contributed by atoms with Gasteiger partial charge in [-0.2, -0.15) is 10.5 Å². The Morgan fingerprint density at radius 1 is 1.14 bits per heavy atom. The van der Waals surface area contributed by atoms with Crippen molar-refractivity contribution in [3.05, 3.63) is 63.2 Å². The maximum absolute atomic E-state index is 11.1. The predicted octanol–water partition coefficient (Wildman–Crippen LogP) is 3.39. The van der Waals surface area contributed by atoms with Gasteiger partial charge in [0.05, 0.1) is 16.1 Å². The SMILES string of the molecule is Cc1cccc(Nc2cc(C#N)c(C#N)cc2[N+](=O)[O-])c1. The van der Waals surface area contributed by atoms with Crippen molar-refractivity contribution >= 4 is 17.1 Å². The maximum atomic E-state index is 11.1. The lowest BCUT2D eigenvalue weighted by atomic mass is 10.1. The lowest BCUT2D eigenvalue weighted by Crippen LogP contribution is -1.99. The Bertz CT molecular complexity index is 800. The van der Waals surface area contributed by atoms with Crippen LogP contribution in [0.1, 0.15) is 16.7 Å². The number of nitro groups is 1. The Balaban J connectivity index is 2.54. The number of aryl methyl sites for hydroxylation is 1. The van der Waals surface area contributed by atoms with Crippen LogP contribution in [-0.2, 0) is 0 Å². The molecule has 2 aromatic carbocycles. The van der Waals surface area contributed by atoms with Crippen molar-refractivity contribution in [3.8, 4) is 12.1 Å². The summed E-state index contributed by atoms with van der Waals surface area (Å²) in [5, 5.41) is 32.0. The van der Waals surface area contributed by atoms with E-state index < -0.39 is 4.92 Å². The third-order valence-corrected chi connectivity index (χ3v) is 2.87. The van der Waals surface area contributed by atoms with E-state index in [2.05, 4.69) is 5.32 Å². The summed E-state index contributed by atoms with van der Waals surface area (Å²) in [4.78, 5) is 10.5. The van der Waals surface area contributed by atoms with Crippen LogP contribution >= 0.6 is 0 Å². The molecule has 6 nitrogen and oxygen atoms in total. The van der Waals surface area contributed by atoms with Gasteiger partial charge in [-0.25, -0.2) is 0 Å². The van der Waals surface area contributed by atoms with Crippen LogP contribution in [0, 0.1) is 39.7 Å². The standard InChI is InChI=1S/C15H10N4O2/c1-10-3-2-4-13(5-10)18-14-6-11(8-16)12(9-17)7-15(14)19(20)21/h2-7,18H,1H3. The smallest absolute Gasteiger partial charge is 0.294 e. The molecule has 0 fully saturated rings. The Labute approximate surface area is 121 Å². The van der Waals surface area contributed by atoms with E-state index in [1.807, 2.05) is 31.2 Å². The summed E-state index contributed by atoms with van der Waals surface area (Å²) in [7, 11) is 0. The fourth-order valence-electron chi connectivity index (χ4n) is 1.90. The molecule has 2 rings (SSSR count). The van der Waals surface area contributed by atoms with Crippen LogP contribution in [0.3, 0.4) is 0 Å². The first-order valence-corrected chi connectivity index (χ1v) is 6.01. The summed E-state index contributed by atoms with van der Waals surface area (Å²) >= 11 is 0. The molecule has 102 valence electrons. The summed E-state index contributed by atoms with van der Waals surface area (Å²) in [5.41, 5.74) is 1.69. The number of nitrogens with zero attached hydrogens (tertiary/aromatic N) is 3. The second-order valence-electron chi connectivity index (χ2n) is 4.39. The van der Waals surface area contributed by atoms with Crippen molar-refractivity contribution in [1.82, 2.24) is 0 Å². The number of nitrogens with one attached hydrogen (secondary N) is 1. The van der Waals surface area contributed by atoms with E-state index >= 15 is 0 Å². The number of hydrogen-bond donors (Lipinski definition) is 1. The zero-order chi connectivity index (χ0) is 15.4. The summed E-state index contributed by atoms with van der Waals surface area (Å²) in [6.45, 7) is 1.90. The van der Waals surface area contributed by atoms with Gasteiger partial charge in [0.15, 0.2) is 0 Å². The summed E-state index contributed by atoms with van der Waals surface area (Å²) in [6.07, 6.45) is 0. The highest BCUT2D eigenvalue weighted by atomic mass is 16.6. The van der Waals surface area contributed by atoms with Gasteiger partial charge in [-0.3, -0.25) is 10.1 Å². The first kappa shape index (κ1) is 14.0. The first-order valence-electron chi connectivity index (χ1n) is 6.01. The van der Waals surface area contributed by atoms with Crippen LogP contribution in [-0.4, -0.2) is 4.92 Å². The molecule has 6 heteroatoms. The molecule has 0 aromatic heterocycles. The number of rotatable bonds is 3. The van der Waals surface area contributed by atoms with Gasteiger partial charge in [0.2, 0.25) is 0 Å². The summed E-state index contributed by atoms with van der Waals surface area (Å²) in [5.74, 6) is 0. The number of benzene rings is 2. The molecule has 1 N–H and O–H groups in total. The van der Waals surface area contributed by atoms with E-state index in [4.69, 9.17) is 10.5 Å². The molecule has 0 unspecified atom stereocenters. The number of nitriles is 2. The van der Waals surface area contributed by atoms with Gasteiger partial charge in [0.1, 0.15) is 17.8 Å². The highest BCUT2D eigenvalue weighted by Gasteiger charge is 2.18. The molecule has 0 saturated carbocycles. The van der Waals surface area contributed by atoms with Crippen LogP contribution < -0.4 is 5.32 Å². The average molecular weight is 278 g/mol. The van der Waals surface area contributed by atoms with Crippen molar-refractivity contribution in [1.29, 1.82) is 10.5 Å². The minimum atomic E-state index is -0.583. The Kier molecular flexibility index (Phi) is 3.83. The normalized spacial score (nSPS) is 9.48. The lowest BCUT2D eigenvalue weighted by molar-refractivity contribution is -0.383. The van der Waals surface area contributed by atoms with Crippen LogP contribution in [0.5, 0.6) is 0 Å². The van der Waals surface area contributed by atoms with E-state index in [1.165, 1.54) is 6.07 Å². The van der Waals surface area contributed by atoms with Crippen LogP contribution in [0.4, 0.5) is 17.1 Å². The quantitative estimate of drug-likeness (QED) is 0.684. The van der Waals surface area contributed by atoms with Gasteiger partial charge in [-0.05, 0) is 30.7 Å². The third kappa shape index (κ3) is 2.96. The number of anilines is 2. The Morgan fingerprint density at radius 3 is 2.38 bits per heavy atom. The fraction of sp³-hybridized carbons (Fsp3) is 0.0667. The van der Waals surface area contributed by atoms with Gasteiger partial charge >= 0.3 is 0 Å². The Morgan fingerprint density at radius 2 is 1.81 bits per heavy atom. The number of nitro benzene ring substituents is 1. The van der Waals surface area contributed by atoms with Crippen molar-refractivity contribution in [2.75, 3.05) is 5.32 Å². The predicted molar refractivity (Wildman–Crippen MR) is 77.0 cm³/mol. The van der Waals surface area contributed by atoms with Crippen LogP contribution in [0.25, 0.3) is 0 Å². The van der Waals surface area contributed by atoms with E-state index in [1.54, 1.807) is 12.1 Å². The van der Waals surface area contributed by atoms with Gasteiger partial charge in [-0.15, -0.1) is 0 Å². The van der Waals surface area contributed by atoms with Gasteiger partial charge in [0, 0.05) is 11.8 Å². The molecule has 0 saturated heterocycles. The molecule has 0 aliphatic heterocycles. The molecule has 0 aliphatic carbocycles. The third-order valence-electron chi connectivity index (χ3n) is 2.87. The molecular weight excluding hydrogens is 268 g/mol. The number of hydrogen-bond acceptors (Lipinski definition) is 5. The fourth-order valence-corrected chi connectivity index (χ4v) is 1.90. The van der Waals surface area contributed by atoms with Gasteiger partial charge in [0.25, 0.3) is 5.69 Å². The van der Waals surface area contributed by atoms with Crippen molar-refractivity contribution < 1.29 is 4.92 Å². The van der Waals surface area contributed by atoms with E-state index in [0.29, 0.717) is 5.69 Å². The maximum Gasteiger partial charge on any atom is 0.294 e. The highest BCUT2D eigenvalue weighted by Crippen LogP contribution is 2.30. The molecule has 0 amide bonds. The minimum Gasteiger partial charge on any atom is -0.350 e. The topological polar surface area (TPSA) is 103 Å². The highest BCUT2D eigenvalue weighted by molar-refractivity contribution is 5.74. The van der Waals surface area contributed by atoms with E-state index in [9.17, 15) is 10.1 Å². The second kappa shape index (κ2) is 5.72. The molecule has 2 aromatic rings. The zero-order valence-corrected chi connectivity index (χ0v) is 11.1. The molecule has 0 aliphatic rings. The second-order valence-corrected chi connectivity index (χ2v) is 4.39. The first-order chi connectivity index (χ1) is 10.0. The van der Waals surface area contributed by atoms with E-state index in [-0.39, 0.29) is 22.5 Å². The Hall–Kier alpha value is -3.38. The molecular formula is C15H10N4O2. The average Bonchev–Trinajstić information content (AvgIpc) is 2.46. The molecule has 0 heterocycles. The van der Waals surface area contributed by atoms with Crippen LogP contribution in [0.15, 0.2) is 36.4 Å². The zero-order valence-electron chi connectivity index (χ0n) is 11.1. The van der Waals surface area contributed by atoms with Crippen molar-refractivity contribution in [2.45, 2.75) is 6.92 Å². The minimum absolute atomic E-state index is 0.0148. The lowest BCUT2D eigenvalue weighted by Gasteiger charge is -2.09. The largest absolute Gasteiger partial charge is 0.350 e. The summed E-state index contributed by atoms with van der Waals surface area (Å²) in [6, 6.07) is 13.4. The van der Waals surface area contributed by atoms with E-state index in [0.717, 1.165) is 11.6 Å².